The van der Waals surface area contributed by atoms with Crippen molar-refractivity contribution in [2.45, 2.75) is 33.7 Å². The molecule has 0 saturated heterocycles. The first-order chi connectivity index (χ1) is 8.06. The second-order valence-electron chi connectivity index (χ2n) is 4.33. The number of hydrogen-bond donors (Lipinski definition) is 2. The maximum atomic E-state index is 5.71. The first-order valence-electron chi connectivity index (χ1n) is 6.01. The molecule has 1 aromatic heterocycles. The molecular weight excluding hydrogens is 216 g/mol. The molecule has 0 aliphatic carbocycles. The maximum absolute atomic E-state index is 5.71. The summed E-state index contributed by atoms with van der Waals surface area (Å²) in [4.78, 5) is 8.62. The molecule has 17 heavy (non-hydrogen) atoms. The van der Waals surface area contributed by atoms with Crippen LogP contribution >= 0.6 is 0 Å². The number of aryl methyl sites for hydroxylation is 1. The Kier molecular flexibility index (Phi) is 5.15. The Bertz CT molecular complexity index is 354. The predicted octanol–water partition coefficient (Wildman–Crippen LogP) is 1.58. The van der Waals surface area contributed by atoms with Crippen molar-refractivity contribution in [2.24, 2.45) is 11.7 Å². The van der Waals surface area contributed by atoms with Crippen LogP contribution in [0.15, 0.2) is 6.07 Å². The van der Waals surface area contributed by atoms with Gasteiger partial charge in [-0.25, -0.2) is 4.98 Å². The Balaban J connectivity index is 2.82. The first kappa shape index (κ1) is 13.7. The van der Waals surface area contributed by atoms with Gasteiger partial charge in [0.05, 0.1) is 6.61 Å². The van der Waals surface area contributed by atoms with Gasteiger partial charge in [0.15, 0.2) is 0 Å². The number of aromatic nitrogens is 2. The van der Waals surface area contributed by atoms with E-state index in [1.54, 1.807) is 0 Å². The van der Waals surface area contributed by atoms with Crippen LogP contribution in [0.5, 0.6) is 5.88 Å². The third-order valence-corrected chi connectivity index (χ3v) is 2.50. The van der Waals surface area contributed by atoms with E-state index in [1.165, 1.54) is 0 Å². The van der Waals surface area contributed by atoms with Crippen LogP contribution < -0.4 is 15.8 Å². The summed E-state index contributed by atoms with van der Waals surface area (Å²) in [5, 5.41) is 3.24. The summed E-state index contributed by atoms with van der Waals surface area (Å²) in [6, 6.07) is 1.99. The quantitative estimate of drug-likeness (QED) is 0.787. The van der Waals surface area contributed by atoms with E-state index in [-0.39, 0.29) is 6.04 Å². The topological polar surface area (TPSA) is 73.1 Å². The van der Waals surface area contributed by atoms with E-state index in [4.69, 9.17) is 10.5 Å². The fourth-order valence-corrected chi connectivity index (χ4v) is 1.49. The van der Waals surface area contributed by atoms with Crippen LogP contribution in [0.4, 0.5) is 5.95 Å². The standard InChI is InChI=1S/C12H22N4O/c1-5-17-11-6-9(4)14-12(16-11)15-10(7-13)8(2)3/h6,8,10H,5,7,13H2,1-4H3,(H,14,15,16). The molecule has 1 unspecified atom stereocenters. The highest BCUT2D eigenvalue weighted by molar-refractivity contribution is 5.32. The van der Waals surface area contributed by atoms with E-state index in [9.17, 15) is 0 Å². The van der Waals surface area contributed by atoms with Crippen molar-refractivity contribution < 1.29 is 4.74 Å². The van der Waals surface area contributed by atoms with Gasteiger partial charge in [-0.15, -0.1) is 0 Å². The lowest BCUT2D eigenvalue weighted by molar-refractivity contribution is 0.326. The van der Waals surface area contributed by atoms with Gasteiger partial charge in [-0.3, -0.25) is 0 Å². The monoisotopic (exact) mass is 238 g/mol. The van der Waals surface area contributed by atoms with Crippen LogP contribution in [0.2, 0.25) is 0 Å². The normalized spacial score (nSPS) is 12.6. The van der Waals surface area contributed by atoms with Crippen LogP contribution in [0.3, 0.4) is 0 Å². The highest BCUT2D eigenvalue weighted by Crippen LogP contribution is 2.14. The molecular formula is C12H22N4O. The fourth-order valence-electron chi connectivity index (χ4n) is 1.49. The molecule has 0 aliphatic heterocycles. The molecule has 1 rings (SSSR count). The molecule has 0 fully saturated rings. The minimum atomic E-state index is 0.172. The molecule has 0 aliphatic rings. The summed E-state index contributed by atoms with van der Waals surface area (Å²) in [6.07, 6.45) is 0. The average molecular weight is 238 g/mol. The summed E-state index contributed by atoms with van der Waals surface area (Å²) in [7, 11) is 0. The van der Waals surface area contributed by atoms with Gasteiger partial charge in [-0.05, 0) is 19.8 Å². The minimum absolute atomic E-state index is 0.172. The summed E-state index contributed by atoms with van der Waals surface area (Å²) >= 11 is 0. The Hall–Kier alpha value is -1.36. The molecule has 0 saturated carbocycles. The maximum Gasteiger partial charge on any atom is 0.226 e. The van der Waals surface area contributed by atoms with E-state index in [0.29, 0.717) is 30.9 Å². The number of hydrogen-bond acceptors (Lipinski definition) is 5. The Labute approximate surface area is 103 Å². The summed E-state index contributed by atoms with van der Waals surface area (Å²) in [6.45, 7) is 9.23. The zero-order chi connectivity index (χ0) is 12.8. The van der Waals surface area contributed by atoms with E-state index >= 15 is 0 Å². The molecule has 0 spiro atoms. The Morgan fingerprint density at radius 1 is 1.41 bits per heavy atom. The van der Waals surface area contributed by atoms with Crippen molar-refractivity contribution in [3.8, 4) is 5.88 Å². The van der Waals surface area contributed by atoms with E-state index in [0.717, 1.165) is 5.69 Å². The van der Waals surface area contributed by atoms with E-state index < -0.39 is 0 Å². The molecule has 1 aromatic rings. The van der Waals surface area contributed by atoms with Crippen LogP contribution in [-0.2, 0) is 0 Å². The number of ether oxygens (including phenoxy) is 1. The molecule has 0 radical (unpaired) electrons. The van der Waals surface area contributed by atoms with Crippen molar-refractivity contribution in [1.82, 2.24) is 9.97 Å². The van der Waals surface area contributed by atoms with Crippen LogP contribution in [0.25, 0.3) is 0 Å². The highest BCUT2D eigenvalue weighted by atomic mass is 16.5. The highest BCUT2D eigenvalue weighted by Gasteiger charge is 2.13. The summed E-state index contributed by atoms with van der Waals surface area (Å²) in [5.41, 5.74) is 6.59. The van der Waals surface area contributed by atoms with Gasteiger partial charge in [0.1, 0.15) is 0 Å². The van der Waals surface area contributed by atoms with Gasteiger partial charge in [0, 0.05) is 24.3 Å². The van der Waals surface area contributed by atoms with Crippen LogP contribution in [0, 0.1) is 12.8 Å². The average Bonchev–Trinajstić information content (AvgIpc) is 2.25. The third kappa shape index (κ3) is 4.19. The molecule has 1 heterocycles. The van der Waals surface area contributed by atoms with E-state index in [2.05, 4.69) is 29.1 Å². The van der Waals surface area contributed by atoms with Crippen molar-refractivity contribution in [3.63, 3.8) is 0 Å². The van der Waals surface area contributed by atoms with E-state index in [1.807, 2.05) is 19.9 Å². The zero-order valence-corrected chi connectivity index (χ0v) is 11.0. The first-order valence-corrected chi connectivity index (χ1v) is 6.01. The second-order valence-corrected chi connectivity index (χ2v) is 4.33. The van der Waals surface area contributed by atoms with Gasteiger partial charge in [-0.1, -0.05) is 13.8 Å². The fraction of sp³-hybridized carbons (Fsp3) is 0.667. The molecule has 3 N–H and O–H groups in total. The van der Waals surface area contributed by atoms with Crippen molar-refractivity contribution in [1.29, 1.82) is 0 Å². The Morgan fingerprint density at radius 3 is 2.65 bits per heavy atom. The van der Waals surface area contributed by atoms with Gasteiger partial charge in [-0.2, -0.15) is 4.98 Å². The molecule has 1 atom stereocenters. The zero-order valence-electron chi connectivity index (χ0n) is 11.0. The number of nitrogens with two attached hydrogens (primary N) is 1. The summed E-state index contributed by atoms with van der Waals surface area (Å²) < 4.78 is 5.38. The molecule has 5 heteroatoms. The lowest BCUT2D eigenvalue weighted by atomic mass is 10.1. The molecule has 96 valence electrons. The number of nitrogens with one attached hydrogen (secondary N) is 1. The summed E-state index contributed by atoms with van der Waals surface area (Å²) in [5.74, 6) is 1.61. The molecule has 0 aromatic carbocycles. The predicted molar refractivity (Wildman–Crippen MR) is 69.2 cm³/mol. The Morgan fingerprint density at radius 2 is 2.12 bits per heavy atom. The van der Waals surface area contributed by atoms with Gasteiger partial charge in [0.25, 0.3) is 0 Å². The minimum Gasteiger partial charge on any atom is -0.478 e. The molecule has 5 nitrogen and oxygen atoms in total. The van der Waals surface area contributed by atoms with Crippen molar-refractivity contribution in [3.05, 3.63) is 11.8 Å². The number of nitrogens with zero attached hydrogens (tertiary/aromatic N) is 2. The largest absolute Gasteiger partial charge is 0.478 e. The number of rotatable bonds is 6. The lowest BCUT2D eigenvalue weighted by Crippen LogP contribution is -2.34. The van der Waals surface area contributed by atoms with Gasteiger partial charge in [0.2, 0.25) is 11.8 Å². The lowest BCUT2D eigenvalue weighted by Gasteiger charge is -2.20. The molecule has 0 bridgehead atoms. The van der Waals surface area contributed by atoms with Crippen molar-refractivity contribution >= 4 is 5.95 Å². The SMILES string of the molecule is CCOc1cc(C)nc(NC(CN)C(C)C)n1. The third-order valence-electron chi connectivity index (χ3n) is 2.50. The van der Waals surface area contributed by atoms with Gasteiger partial charge < -0.3 is 15.8 Å². The second kappa shape index (κ2) is 6.39. The van der Waals surface area contributed by atoms with Crippen molar-refractivity contribution in [2.75, 3.05) is 18.5 Å². The smallest absolute Gasteiger partial charge is 0.226 e. The van der Waals surface area contributed by atoms with Gasteiger partial charge >= 0.3 is 0 Å². The number of anilines is 1. The molecule has 0 amide bonds. The van der Waals surface area contributed by atoms with Crippen LogP contribution in [0.1, 0.15) is 26.5 Å². The van der Waals surface area contributed by atoms with Crippen LogP contribution in [-0.4, -0.2) is 29.2 Å².